The summed E-state index contributed by atoms with van der Waals surface area (Å²) in [4.78, 5) is 23.8. The van der Waals surface area contributed by atoms with Crippen molar-refractivity contribution in [3.05, 3.63) is 35.9 Å². The lowest BCUT2D eigenvalue weighted by molar-refractivity contribution is -0.127. The minimum atomic E-state index is -0.643. The lowest BCUT2D eigenvalue weighted by Gasteiger charge is -2.23. The Morgan fingerprint density at radius 1 is 1.19 bits per heavy atom. The Morgan fingerprint density at radius 2 is 1.81 bits per heavy atom. The van der Waals surface area contributed by atoms with E-state index in [9.17, 15) is 9.59 Å². The normalized spacial score (nSPS) is 12.1. The molecule has 6 nitrogen and oxygen atoms in total. The van der Waals surface area contributed by atoms with Gasteiger partial charge in [0.05, 0.1) is 0 Å². The number of hydrazine groups is 1. The Hall–Kier alpha value is -2.08. The van der Waals surface area contributed by atoms with Gasteiger partial charge >= 0.3 is 6.09 Å². The molecule has 0 aromatic heterocycles. The zero-order valence-electron chi connectivity index (χ0n) is 12.9. The van der Waals surface area contributed by atoms with Crippen LogP contribution in [-0.2, 0) is 16.1 Å². The van der Waals surface area contributed by atoms with Crippen LogP contribution in [0.25, 0.3) is 0 Å². The van der Waals surface area contributed by atoms with Crippen LogP contribution in [0.1, 0.15) is 19.4 Å². The second-order valence-electron chi connectivity index (χ2n) is 5.30. The van der Waals surface area contributed by atoms with Gasteiger partial charge in [0.15, 0.2) is 0 Å². The van der Waals surface area contributed by atoms with E-state index in [1.54, 1.807) is 14.1 Å². The fraction of sp³-hybridized carbons (Fsp3) is 0.467. The first-order chi connectivity index (χ1) is 9.90. The minimum Gasteiger partial charge on any atom is -0.445 e. The molecule has 0 aliphatic carbocycles. The van der Waals surface area contributed by atoms with Crippen LogP contribution in [0.3, 0.4) is 0 Å². The highest BCUT2D eigenvalue weighted by Gasteiger charge is 2.25. The molecule has 1 rings (SSSR count). The number of benzene rings is 1. The van der Waals surface area contributed by atoms with Crippen LogP contribution in [0, 0.1) is 5.92 Å². The van der Waals surface area contributed by atoms with Crippen molar-refractivity contribution in [2.45, 2.75) is 26.5 Å². The second kappa shape index (κ2) is 8.26. The number of hydrogen-bond donors (Lipinski definition) is 2. The molecule has 0 heterocycles. The SMILES string of the molecule is CC(C)[C@H](NC(=O)OCc1ccccc1)C(=O)NN(C)C. The summed E-state index contributed by atoms with van der Waals surface area (Å²) in [5, 5.41) is 4.13. The molecule has 0 spiro atoms. The number of rotatable bonds is 6. The third-order valence-corrected chi connectivity index (χ3v) is 2.77. The van der Waals surface area contributed by atoms with E-state index in [0.29, 0.717) is 0 Å². The van der Waals surface area contributed by atoms with Crippen LogP contribution >= 0.6 is 0 Å². The molecule has 6 heteroatoms. The Kier molecular flexibility index (Phi) is 6.68. The molecule has 0 unspecified atom stereocenters. The lowest BCUT2D eigenvalue weighted by atomic mass is 10.0. The fourth-order valence-corrected chi connectivity index (χ4v) is 1.72. The van der Waals surface area contributed by atoms with Crippen molar-refractivity contribution < 1.29 is 14.3 Å². The first-order valence-corrected chi connectivity index (χ1v) is 6.85. The van der Waals surface area contributed by atoms with Gasteiger partial charge in [0.2, 0.25) is 0 Å². The summed E-state index contributed by atoms with van der Waals surface area (Å²) in [5.74, 6) is -0.319. The minimum absolute atomic E-state index is 0.0470. The highest BCUT2D eigenvalue weighted by molar-refractivity contribution is 5.85. The average Bonchev–Trinajstić information content (AvgIpc) is 2.42. The summed E-state index contributed by atoms with van der Waals surface area (Å²) in [6.45, 7) is 3.89. The zero-order valence-corrected chi connectivity index (χ0v) is 12.9. The van der Waals surface area contributed by atoms with E-state index >= 15 is 0 Å². The molecule has 0 radical (unpaired) electrons. The number of ether oxygens (including phenoxy) is 1. The first-order valence-electron chi connectivity index (χ1n) is 6.85. The summed E-state index contributed by atoms with van der Waals surface area (Å²) in [7, 11) is 3.42. The molecule has 0 bridgehead atoms. The van der Waals surface area contributed by atoms with Crippen molar-refractivity contribution in [3.8, 4) is 0 Å². The maximum atomic E-state index is 12.0. The summed E-state index contributed by atoms with van der Waals surface area (Å²) < 4.78 is 5.12. The molecule has 0 aliphatic heterocycles. The van der Waals surface area contributed by atoms with E-state index < -0.39 is 12.1 Å². The van der Waals surface area contributed by atoms with Crippen LogP contribution in [-0.4, -0.2) is 37.1 Å². The van der Waals surface area contributed by atoms with Crippen LogP contribution in [0.5, 0.6) is 0 Å². The van der Waals surface area contributed by atoms with Crippen LogP contribution in [0.15, 0.2) is 30.3 Å². The van der Waals surface area contributed by atoms with Gasteiger partial charge in [-0.05, 0) is 11.5 Å². The topological polar surface area (TPSA) is 70.7 Å². The number of carbonyl (C=O) groups excluding carboxylic acids is 2. The monoisotopic (exact) mass is 293 g/mol. The molecular weight excluding hydrogens is 270 g/mol. The van der Waals surface area contributed by atoms with Crippen molar-refractivity contribution in [1.82, 2.24) is 15.8 Å². The number of nitrogens with zero attached hydrogens (tertiary/aromatic N) is 1. The highest BCUT2D eigenvalue weighted by atomic mass is 16.5. The molecule has 0 saturated carbocycles. The Morgan fingerprint density at radius 3 is 2.33 bits per heavy atom. The quantitative estimate of drug-likeness (QED) is 0.780. The fourth-order valence-electron chi connectivity index (χ4n) is 1.72. The van der Waals surface area contributed by atoms with Gasteiger partial charge in [-0.25, -0.2) is 9.80 Å². The zero-order chi connectivity index (χ0) is 15.8. The molecule has 0 saturated heterocycles. The Labute approximate surface area is 125 Å². The molecule has 1 atom stereocenters. The predicted octanol–water partition coefficient (Wildman–Crippen LogP) is 1.53. The summed E-state index contributed by atoms with van der Waals surface area (Å²) in [6, 6.07) is 8.73. The number of amides is 2. The average molecular weight is 293 g/mol. The maximum absolute atomic E-state index is 12.0. The molecule has 116 valence electrons. The standard InChI is InChI=1S/C15H23N3O3/c1-11(2)13(14(19)17-18(3)4)16-15(20)21-10-12-8-6-5-7-9-12/h5-9,11,13H,10H2,1-4H3,(H,16,20)(H,17,19)/t13-/m0/s1. The lowest BCUT2D eigenvalue weighted by Crippen LogP contribution is -2.52. The van der Waals surface area contributed by atoms with Gasteiger partial charge in [-0.15, -0.1) is 0 Å². The molecular formula is C15H23N3O3. The van der Waals surface area contributed by atoms with Gasteiger partial charge in [-0.3, -0.25) is 10.2 Å². The van der Waals surface area contributed by atoms with Gasteiger partial charge in [-0.2, -0.15) is 0 Å². The van der Waals surface area contributed by atoms with Crippen molar-refractivity contribution in [1.29, 1.82) is 0 Å². The Balaban J connectivity index is 2.51. The Bertz CT molecular complexity index is 460. The molecule has 2 N–H and O–H groups in total. The van der Waals surface area contributed by atoms with E-state index in [1.165, 1.54) is 5.01 Å². The van der Waals surface area contributed by atoms with E-state index in [-0.39, 0.29) is 18.4 Å². The third kappa shape index (κ3) is 6.27. The van der Waals surface area contributed by atoms with Crippen molar-refractivity contribution in [3.63, 3.8) is 0 Å². The first kappa shape index (κ1) is 17.0. The predicted molar refractivity (Wildman–Crippen MR) is 80.2 cm³/mol. The van der Waals surface area contributed by atoms with Crippen molar-refractivity contribution in [2.24, 2.45) is 5.92 Å². The number of hydrogen-bond acceptors (Lipinski definition) is 4. The second-order valence-corrected chi connectivity index (χ2v) is 5.30. The maximum Gasteiger partial charge on any atom is 0.408 e. The van der Waals surface area contributed by atoms with E-state index in [4.69, 9.17) is 4.74 Å². The van der Waals surface area contributed by atoms with E-state index in [1.807, 2.05) is 44.2 Å². The molecule has 0 aliphatic rings. The molecule has 1 aromatic rings. The molecule has 0 fully saturated rings. The number of alkyl carbamates (subject to hydrolysis) is 1. The van der Waals surface area contributed by atoms with E-state index in [2.05, 4.69) is 10.7 Å². The van der Waals surface area contributed by atoms with Gasteiger partial charge < -0.3 is 10.1 Å². The van der Waals surface area contributed by atoms with Crippen LogP contribution in [0.2, 0.25) is 0 Å². The molecule has 21 heavy (non-hydrogen) atoms. The van der Waals surface area contributed by atoms with E-state index in [0.717, 1.165) is 5.56 Å². The summed E-state index contributed by atoms with van der Waals surface area (Å²) in [6.07, 6.45) is -0.605. The molecule has 1 aromatic carbocycles. The number of carbonyl (C=O) groups is 2. The molecule has 2 amide bonds. The summed E-state index contributed by atoms with van der Waals surface area (Å²) >= 11 is 0. The third-order valence-electron chi connectivity index (χ3n) is 2.77. The smallest absolute Gasteiger partial charge is 0.408 e. The highest BCUT2D eigenvalue weighted by Crippen LogP contribution is 2.04. The van der Waals surface area contributed by atoms with Crippen LogP contribution < -0.4 is 10.7 Å². The largest absolute Gasteiger partial charge is 0.445 e. The van der Waals surface area contributed by atoms with Gasteiger partial charge in [0.25, 0.3) is 5.91 Å². The van der Waals surface area contributed by atoms with Gasteiger partial charge in [0.1, 0.15) is 12.6 Å². The summed E-state index contributed by atoms with van der Waals surface area (Å²) in [5.41, 5.74) is 3.52. The van der Waals surface area contributed by atoms with Gasteiger partial charge in [0, 0.05) is 14.1 Å². The number of nitrogens with one attached hydrogen (secondary N) is 2. The van der Waals surface area contributed by atoms with Crippen molar-refractivity contribution >= 4 is 12.0 Å². The van der Waals surface area contributed by atoms with Gasteiger partial charge in [-0.1, -0.05) is 44.2 Å². The van der Waals surface area contributed by atoms with Crippen LogP contribution in [0.4, 0.5) is 4.79 Å². The van der Waals surface area contributed by atoms with Crippen molar-refractivity contribution in [2.75, 3.05) is 14.1 Å².